The molecule has 1 aliphatic heterocycles. The fourth-order valence-corrected chi connectivity index (χ4v) is 2.38. The summed E-state index contributed by atoms with van der Waals surface area (Å²) >= 11 is 0. The SMILES string of the molecule is CC(C)(C)[C@H](N)C(=O)Nc1ccn([C@@H]2O[C@H](CO)[C@@H](O)C2(F)F)c(=O)n1. The van der Waals surface area contributed by atoms with Gasteiger partial charge >= 0.3 is 11.6 Å². The highest BCUT2D eigenvalue weighted by atomic mass is 19.3. The van der Waals surface area contributed by atoms with Crippen LogP contribution in [0.2, 0.25) is 0 Å². The number of carbonyl (C=O) groups is 1. The van der Waals surface area contributed by atoms with Crippen LogP contribution < -0.4 is 16.7 Å². The number of amides is 1. The number of nitrogens with two attached hydrogens (primary N) is 1. The molecule has 26 heavy (non-hydrogen) atoms. The van der Waals surface area contributed by atoms with Gasteiger partial charge in [-0.2, -0.15) is 13.8 Å². The highest BCUT2D eigenvalue weighted by Gasteiger charge is 2.59. The highest BCUT2D eigenvalue weighted by Crippen LogP contribution is 2.41. The summed E-state index contributed by atoms with van der Waals surface area (Å²) in [6.07, 6.45) is -4.98. The number of anilines is 1. The number of carbonyl (C=O) groups excluding carboxylic acids is 1. The number of halogens is 2. The van der Waals surface area contributed by atoms with Gasteiger partial charge < -0.3 is 26.0 Å². The Labute approximate surface area is 147 Å². The lowest BCUT2D eigenvalue weighted by molar-refractivity contribution is -0.141. The van der Waals surface area contributed by atoms with E-state index in [1.807, 2.05) is 0 Å². The van der Waals surface area contributed by atoms with E-state index in [-0.39, 0.29) is 5.82 Å². The number of hydrogen-bond donors (Lipinski definition) is 4. The maximum absolute atomic E-state index is 14.1. The van der Waals surface area contributed by atoms with Gasteiger partial charge in [0.05, 0.1) is 12.6 Å². The van der Waals surface area contributed by atoms with Crippen molar-refractivity contribution in [2.45, 2.75) is 51.2 Å². The zero-order chi connectivity index (χ0) is 19.9. The maximum atomic E-state index is 14.1. The number of aromatic nitrogens is 2. The molecule has 0 aromatic carbocycles. The summed E-state index contributed by atoms with van der Waals surface area (Å²) in [4.78, 5) is 27.7. The average molecular weight is 376 g/mol. The Kier molecular flexibility index (Phi) is 5.47. The van der Waals surface area contributed by atoms with Crippen LogP contribution in [0, 0.1) is 5.41 Å². The largest absolute Gasteiger partial charge is 0.394 e. The van der Waals surface area contributed by atoms with Crippen molar-refractivity contribution in [1.29, 1.82) is 0 Å². The van der Waals surface area contributed by atoms with Crippen molar-refractivity contribution in [2.24, 2.45) is 11.1 Å². The van der Waals surface area contributed by atoms with Crippen LogP contribution in [0.1, 0.15) is 27.0 Å². The number of alkyl halides is 2. The summed E-state index contributed by atoms with van der Waals surface area (Å²) in [5, 5.41) is 20.8. The van der Waals surface area contributed by atoms with Gasteiger partial charge in [-0.3, -0.25) is 9.36 Å². The second kappa shape index (κ2) is 6.99. The quantitative estimate of drug-likeness (QED) is 0.552. The molecule has 11 heteroatoms. The Morgan fingerprint density at radius 2 is 2.15 bits per heavy atom. The smallest absolute Gasteiger partial charge is 0.351 e. The predicted molar refractivity (Wildman–Crippen MR) is 86.5 cm³/mol. The van der Waals surface area contributed by atoms with Crippen molar-refractivity contribution in [3.8, 4) is 0 Å². The normalized spacial score (nSPS) is 26.5. The van der Waals surface area contributed by atoms with Crippen LogP contribution in [0.4, 0.5) is 14.6 Å². The lowest BCUT2D eigenvalue weighted by Gasteiger charge is -2.25. The molecular weight excluding hydrogens is 354 g/mol. The van der Waals surface area contributed by atoms with Crippen molar-refractivity contribution in [2.75, 3.05) is 11.9 Å². The number of hydrogen-bond acceptors (Lipinski definition) is 7. The Hall–Kier alpha value is -1.95. The lowest BCUT2D eigenvalue weighted by Crippen LogP contribution is -2.46. The summed E-state index contributed by atoms with van der Waals surface area (Å²) < 4.78 is 33.5. The maximum Gasteiger partial charge on any atom is 0.351 e. The van der Waals surface area contributed by atoms with Gasteiger partial charge in [-0.1, -0.05) is 20.8 Å². The average Bonchev–Trinajstić information content (AvgIpc) is 2.76. The van der Waals surface area contributed by atoms with Gasteiger partial charge in [0.1, 0.15) is 11.9 Å². The molecule has 5 N–H and O–H groups in total. The number of nitrogens with zero attached hydrogens (tertiary/aromatic N) is 2. The van der Waals surface area contributed by atoms with Crippen molar-refractivity contribution in [3.63, 3.8) is 0 Å². The van der Waals surface area contributed by atoms with E-state index in [1.165, 1.54) is 0 Å². The first kappa shape index (κ1) is 20.4. The summed E-state index contributed by atoms with van der Waals surface area (Å²) in [5.74, 6) is -4.55. The van der Waals surface area contributed by atoms with E-state index in [0.29, 0.717) is 4.57 Å². The Bertz CT molecular complexity index is 733. The molecule has 0 saturated carbocycles. The van der Waals surface area contributed by atoms with E-state index in [1.54, 1.807) is 20.8 Å². The molecule has 0 bridgehead atoms. The number of ether oxygens (including phenoxy) is 1. The number of rotatable bonds is 4. The first-order valence-corrected chi connectivity index (χ1v) is 7.87. The van der Waals surface area contributed by atoms with Gasteiger partial charge in [0.25, 0.3) is 0 Å². The third-order valence-electron chi connectivity index (χ3n) is 4.11. The van der Waals surface area contributed by atoms with Gasteiger partial charge in [0.15, 0.2) is 6.10 Å². The van der Waals surface area contributed by atoms with Crippen LogP contribution in [0.3, 0.4) is 0 Å². The topological polar surface area (TPSA) is 140 Å². The molecule has 2 rings (SSSR count). The molecular formula is C15H22F2N4O5. The predicted octanol–water partition coefficient (Wildman–Crippen LogP) is -0.559. The molecule has 0 aliphatic carbocycles. The van der Waals surface area contributed by atoms with Crippen LogP contribution in [0.25, 0.3) is 0 Å². The second-order valence-electron chi connectivity index (χ2n) is 7.16. The minimum Gasteiger partial charge on any atom is -0.394 e. The van der Waals surface area contributed by atoms with Crippen LogP contribution in [0.5, 0.6) is 0 Å². The van der Waals surface area contributed by atoms with Gasteiger partial charge in [-0.15, -0.1) is 0 Å². The minimum atomic E-state index is -3.81. The fourth-order valence-electron chi connectivity index (χ4n) is 2.38. The Morgan fingerprint density at radius 1 is 1.54 bits per heavy atom. The van der Waals surface area contributed by atoms with Crippen LogP contribution in [0.15, 0.2) is 17.1 Å². The summed E-state index contributed by atoms with van der Waals surface area (Å²) in [5.41, 5.74) is 4.14. The van der Waals surface area contributed by atoms with Gasteiger partial charge in [-0.05, 0) is 11.5 Å². The standard InChI is InChI=1S/C15H22F2N4O5/c1-14(2,3)9(18)11(24)19-8-4-5-21(13(25)20-8)12-15(16,17)10(23)7(6-22)26-12/h4-5,7,9-10,12,22-23H,6,18H2,1-3H3,(H,19,20,24,25)/t7-,9-,10-,12-/m1/s1. The Morgan fingerprint density at radius 3 is 2.62 bits per heavy atom. The molecule has 1 saturated heterocycles. The van der Waals surface area contributed by atoms with Crippen molar-refractivity contribution >= 4 is 11.7 Å². The van der Waals surface area contributed by atoms with E-state index in [2.05, 4.69) is 10.3 Å². The molecule has 0 spiro atoms. The number of aliphatic hydroxyl groups excluding tert-OH is 2. The first-order valence-electron chi connectivity index (χ1n) is 7.87. The van der Waals surface area contributed by atoms with Crippen molar-refractivity contribution in [3.05, 3.63) is 22.7 Å². The van der Waals surface area contributed by atoms with Gasteiger partial charge in [-0.25, -0.2) is 4.79 Å². The van der Waals surface area contributed by atoms with E-state index in [4.69, 9.17) is 15.6 Å². The molecule has 9 nitrogen and oxygen atoms in total. The van der Waals surface area contributed by atoms with Crippen molar-refractivity contribution in [1.82, 2.24) is 9.55 Å². The van der Waals surface area contributed by atoms with Crippen LogP contribution in [-0.2, 0) is 9.53 Å². The molecule has 1 aliphatic rings. The molecule has 1 amide bonds. The molecule has 1 aromatic rings. The summed E-state index contributed by atoms with van der Waals surface area (Å²) in [6.45, 7) is 4.43. The summed E-state index contributed by atoms with van der Waals surface area (Å²) in [6, 6.07) is 0.252. The molecule has 0 unspecified atom stereocenters. The zero-order valence-electron chi connectivity index (χ0n) is 14.5. The van der Waals surface area contributed by atoms with E-state index in [9.17, 15) is 23.5 Å². The van der Waals surface area contributed by atoms with Crippen LogP contribution >= 0.6 is 0 Å². The highest BCUT2D eigenvalue weighted by molar-refractivity contribution is 5.94. The number of aliphatic hydroxyl groups is 2. The van der Waals surface area contributed by atoms with E-state index < -0.39 is 54.0 Å². The molecule has 1 fully saturated rings. The Balaban J connectivity index is 2.23. The first-order chi connectivity index (χ1) is 11.9. The molecule has 2 heterocycles. The monoisotopic (exact) mass is 376 g/mol. The lowest BCUT2D eigenvalue weighted by atomic mass is 9.87. The zero-order valence-corrected chi connectivity index (χ0v) is 14.5. The molecule has 4 atom stereocenters. The molecule has 146 valence electrons. The van der Waals surface area contributed by atoms with Gasteiger partial charge in [0, 0.05) is 6.20 Å². The van der Waals surface area contributed by atoms with E-state index in [0.717, 1.165) is 12.3 Å². The van der Waals surface area contributed by atoms with Crippen LogP contribution in [-0.4, -0.2) is 56.5 Å². The van der Waals surface area contributed by atoms with Gasteiger partial charge in [0.2, 0.25) is 12.1 Å². The molecule has 0 radical (unpaired) electrons. The third kappa shape index (κ3) is 3.75. The minimum absolute atomic E-state index is 0.156. The molecule has 1 aromatic heterocycles. The second-order valence-corrected chi connectivity index (χ2v) is 7.16. The number of nitrogens with one attached hydrogen (secondary N) is 1. The fraction of sp³-hybridized carbons (Fsp3) is 0.667. The third-order valence-corrected chi connectivity index (χ3v) is 4.11. The van der Waals surface area contributed by atoms with Crippen molar-refractivity contribution < 1.29 is 28.5 Å². The summed E-state index contributed by atoms with van der Waals surface area (Å²) in [7, 11) is 0. The van der Waals surface area contributed by atoms with E-state index >= 15 is 0 Å².